The number of carbonyl (C=O) groups excluding carboxylic acids is 1. The molecular weight excluding hydrogens is 462 g/mol. The normalized spacial score (nSPS) is 12.3. The highest BCUT2D eigenvalue weighted by atomic mass is 32.2. The number of nitrogens with zero attached hydrogens (tertiary/aromatic N) is 2. The molecule has 0 bridgehead atoms. The predicted octanol–water partition coefficient (Wildman–Crippen LogP) is 3.25. The highest BCUT2D eigenvalue weighted by Gasteiger charge is 2.20. The molecule has 35 heavy (non-hydrogen) atoms. The van der Waals surface area contributed by atoms with Gasteiger partial charge in [0.15, 0.2) is 0 Å². The van der Waals surface area contributed by atoms with Crippen LogP contribution < -0.4 is 15.8 Å². The number of amides is 1. The first-order valence-electron chi connectivity index (χ1n) is 11.1. The van der Waals surface area contributed by atoms with Crippen LogP contribution in [-0.4, -0.2) is 30.7 Å². The molecule has 0 aliphatic rings. The van der Waals surface area contributed by atoms with Crippen molar-refractivity contribution in [2.75, 3.05) is 11.9 Å². The quantitative estimate of drug-likeness (QED) is 0.333. The van der Waals surface area contributed by atoms with Crippen LogP contribution in [0.4, 0.5) is 5.69 Å². The van der Waals surface area contributed by atoms with Gasteiger partial charge in [0.25, 0.3) is 0 Å². The van der Waals surface area contributed by atoms with Crippen LogP contribution in [0.1, 0.15) is 17.2 Å². The zero-order valence-electron chi connectivity index (χ0n) is 19.3. The fourth-order valence-electron chi connectivity index (χ4n) is 3.74. The summed E-state index contributed by atoms with van der Waals surface area (Å²) in [5.74, 6) is -0.171. The summed E-state index contributed by atoms with van der Waals surface area (Å²) >= 11 is 0. The maximum atomic E-state index is 13.2. The number of primary sulfonamides is 1. The smallest absolute Gasteiger partial charge is 0.246 e. The standard InChI is InChI=1S/C26H27N5O3S/c1-31-18-22(17-29-31)20-9-11-23(12-10-20)30-26(32)25(21-5-3-2-4-6-21)28-16-15-19-7-13-24(14-8-19)35(27,33)34/h2-14,17-18,25,28H,15-16H2,1H3,(H,30,32)(H2,27,33,34)/t25-/m0/s1. The van der Waals surface area contributed by atoms with E-state index in [1.165, 1.54) is 12.1 Å². The third kappa shape index (κ3) is 6.42. The van der Waals surface area contributed by atoms with E-state index in [1.54, 1.807) is 23.0 Å². The molecular formula is C26H27N5O3S. The number of nitrogens with one attached hydrogen (secondary N) is 2. The van der Waals surface area contributed by atoms with Crippen LogP contribution >= 0.6 is 0 Å². The summed E-state index contributed by atoms with van der Waals surface area (Å²) in [7, 11) is -1.85. The Morgan fingerprint density at radius 3 is 2.26 bits per heavy atom. The largest absolute Gasteiger partial charge is 0.324 e. The fraction of sp³-hybridized carbons (Fsp3) is 0.154. The van der Waals surface area contributed by atoms with Crippen molar-refractivity contribution in [1.29, 1.82) is 0 Å². The Hall–Kier alpha value is -3.79. The molecule has 8 nitrogen and oxygen atoms in total. The van der Waals surface area contributed by atoms with Gasteiger partial charge in [-0.3, -0.25) is 9.48 Å². The van der Waals surface area contributed by atoms with Gasteiger partial charge in [0.2, 0.25) is 15.9 Å². The Morgan fingerprint density at radius 2 is 1.66 bits per heavy atom. The Labute approximate surface area is 204 Å². The summed E-state index contributed by atoms with van der Waals surface area (Å²) in [5, 5.41) is 15.7. The second-order valence-corrected chi connectivity index (χ2v) is 9.77. The van der Waals surface area contributed by atoms with Gasteiger partial charge in [-0.2, -0.15) is 5.10 Å². The number of aryl methyl sites for hydroxylation is 1. The molecule has 0 saturated carbocycles. The van der Waals surface area contributed by atoms with Crippen LogP contribution in [0, 0.1) is 0 Å². The lowest BCUT2D eigenvalue weighted by Gasteiger charge is -2.19. The number of aromatic nitrogens is 2. The van der Waals surface area contributed by atoms with E-state index in [9.17, 15) is 13.2 Å². The Morgan fingerprint density at radius 1 is 0.971 bits per heavy atom. The lowest BCUT2D eigenvalue weighted by atomic mass is 10.0. The van der Waals surface area contributed by atoms with Gasteiger partial charge < -0.3 is 10.6 Å². The molecule has 1 amide bonds. The maximum Gasteiger partial charge on any atom is 0.246 e. The average Bonchev–Trinajstić information content (AvgIpc) is 3.29. The average molecular weight is 490 g/mol. The molecule has 9 heteroatoms. The number of anilines is 1. The van der Waals surface area contributed by atoms with Crippen molar-refractivity contribution in [3.05, 3.63) is 102 Å². The van der Waals surface area contributed by atoms with E-state index in [0.29, 0.717) is 18.7 Å². The molecule has 0 aliphatic carbocycles. The Kier molecular flexibility index (Phi) is 7.40. The van der Waals surface area contributed by atoms with Gasteiger partial charge in [0.1, 0.15) is 6.04 Å². The monoisotopic (exact) mass is 489 g/mol. The summed E-state index contributed by atoms with van der Waals surface area (Å²) in [5.41, 5.74) is 4.50. The van der Waals surface area contributed by atoms with Crippen LogP contribution in [0.2, 0.25) is 0 Å². The molecule has 0 radical (unpaired) electrons. The number of hydrogen-bond acceptors (Lipinski definition) is 5. The third-order valence-corrected chi connectivity index (χ3v) is 6.53. The molecule has 0 aliphatic heterocycles. The molecule has 1 aromatic heterocycles. The van der Waals surface area contributed by atoms with Crippen molar-refractivity contribution in [2.45, 2.75) is 17.4 Å². The van der Waals surface area contributed by atoms with Crippen molar-refractivity contribution < 1.29 is 13.2 Å². The van der Waals surface area contributed by atoms with Crippen LogP contribution in [0.3, 0.4) is 0 Å². The van der Waals surface area contributed by atoms with E-state index >= 15 is 0 Å². The predicted molar refractivity (Wildman–Crippen MR) is 136 cm³/mol. The lowest BCUT2D eigenvalue weighted by molar-refractivity contribution is -0.118. The molecule has 1 atom stereocenters. The highest BCUT2D eigenvalue weighted by molar-refractivity contribution is 7.89. The van der Waals surface area contributed by atoms with Crippen molar-refractivity contribution in [1.82, 2.24) is 15.1 Å². The van der Waals surface area contributed by atoms with Gasteiger partial charge in [0, 0.05) is 31.0 Å². The minimum Gasteiger partial charge on any atom is -0.324 e. The number of benzene rings is 3. The number of sulfonamides is 1. The van der Waals surface area contributed by atoms with E-state index in [4.69, 9.17) is 5.14 Å². The lowest BCUT2D eigenvalue weighted by Crippen LogP contribution is -2.34. The van der Waals surface area contributed by atoms with E-state index in [0.717, 1.165) is 22.3 Å². The van der Waals surface area contributed by atoms with Crippen molar-refractivity contribution in [2.24, 2.45) is 12.2 Å². The summed E-state index contributed by atoms with van der Waals surface area (Å²) in [6, 6.07) is 23.0. The summed E-state index contributed by atoms with van der Waals surface area (Å²) in [6.45, 7) is 0.516. The third-order valence-electron chi connectivity index (χ3n) is 5.60. The van der Waals surface area contributed by atoms with E-state index < -0.39 is 16.1 Å². The minimum absolute atomic E-state index is 0.0743. The molecule has 0 unspecified atom stereocenters. The van der Waals surface area contributed by atoms with Gasteiger partial charge >= 0.3 is 0 Å². The second-order valence-electron chi connectivity index (χ2n) is 8.21. The van der Waals surface area contributed by atoms with Crippen molar-refractivity contribution in [3.63, 3.8) is 0 Å². The molecule has 3 aromatic carbocycles. The number of hydrogen-bond donors (Lipinski definition) is 3. The molecule has 4 aromatic rings. The maximum absolute atomic E-state index is 13.2. The molecule has 0 spiro atoms. The first-order chi connectivity index (χ1) is 16.8. The highest BCUT2D eigenvalue weighted by Crippen LogP contribution is 2.22. The van der Waals surface area contributed by atoms with Gasteiger partial charge in [0.05, 0.1) is 11.1 Å². The van der Waals surface area contributed by atoms with E-state index in [-0.39, 0.29) is 10.8 Å². The zero-order chi connectivity index (χ0) is 24.8. The minimum atomic E-state index is -3.72. The summed E-state index contributed by atoms with van der Waals surface area (Å²) < 4.78 is 24.6. The van der Waals surface area contributed by atoms with Gasteiger partial charge in [-0.25, -0.2) is 13.6 Å². The Balaban J connectivity index is 1.42. The fourth-order valence-corrected chi connectivity index (χ4v) is 4.26. The molecule has 180 valence electrons. The number of rotatable bonds is 9. The van der Waals surface area contributed by atoms with Crippen LogP contribution in [0.15, 0.2) is 96.2 Å². The van der Waals surface area contributed by atoms with Gasteiger partial charge in [-0.1, -0.05) is 54.6 Å². The van der Waals surface area contributed by atoms with Crippen LogP contribution in [0.5, 0.6) is 0 Å². The molecule has 4 rings (SSSR count). The molecule has 0 saturated heterocycles. The SMILES string of the molecule is Cn1cc(-c2ccc(NC(=O)[C@@H](NCCc3ccc(S(N)(=O)=O)cc3)c3ccccc3)cc2)cn1. The first-order valence-corrected chi connectivity index (χ1v) is 12.6. The zero-order valence-corrected chi connectivity index (χ0v) is 20.1. The van der Waals surface area contributed by atoms with Gasteiger partial charge in [-0.05, 0) is 47.4 Å². The van der Waals surface area contributed by atoms with Crippen LogP contribution in [0.25, 0.3) is 11.1 Å². The van der Waals surface area contributed by atoms with Crippen molar-refractivity contribution in [3.8, 4) is 11.1 Å². The molecule has 0 fully saturated rings. The second kappa shape index (κ2) is 10.6. The number of nitrogens with two attached hydrogens (primary N) is 1. The summed E-state index contributed by atoms with van der Waals surface area (Å²) in [6.07, 6.45) is 4.35. The van der Waals surface area contributed by atoms with Crippen LogP contribution in [-0.2, 0) is 28.3 Å². The molecule has 4 N–H and O–H groups in total. The number of carbonyl (C=O) groups is 1. The summed E-state index contributed by atoms with van der Waals surface area (Å²) in [4.78, 5) is 13.3. The van der Waals surface area contributed by atoms with Gasteiger partial charge in [-0.15, -0.1) is 0 Å². The first kappa shape index (κ1) is 24.3. The Bertz CT molecular complexity index is 1380. The topological polar surface area (TPSA) is 119 Å². The van der Waals surface area contributed by atoms with E-state index in [1.807, 2.05) is 67.8 Å². The van der Waals surface area contributed by atoms with E-state index in [2.05, 4.69) is 15.7 Å². The van der Waals surface area contributed by atoms with Crippen molar-refractivity contribution >= 4 is 21.6 Å². The molecule has 1 heterocycles.